The third-order valence-corrected chi connectivity index (χ3v) is 1.80. The van der Waals surface area contributed by atoms with Crippen molar-refractivity contribution in [2.24, 2.45) is 5.92 Å². The zero-order valence-corrected chi connectivity index (χ0v) is 7.63. The first-order valence-electron chi connectivity index (χ1n) is 3.98. The fourth-order valence-corrected chi connectivity index (χ4v) is 0.691. The summed E-state index contributed by atoms with van der Waals surface area (Å²) in [7, 11) is 1.82. The Balaban J connectivity index is 3.76. The van der Waals surface area contributed by atoms with Crippen LogP contribution >= 0.6 is 0 Å². The van der Waals surface area contributed by atoms with E-state index in [1.807, 2.05) is 20.9 Å². The van der Waals surface area contributed by atoms with Crippen molar-refractivity contribution in [3.05, 3.63) is 12.7 Å². The van der Waals surface area contributed by atoms with Crippen LogP contribution in [-0.4, -0.2) is 24.4 Å². The highest BCUT2D eigenvalue weighted by molar-refractivity contribution is 5.76. The minimum Gasteiger partial charge on any atom is -0.346 e. The van der Waals surface area contributed by atoms with Crippen LogP contribution < -0.4 is 0 Å². The molecule has 1 unspecified atom stereocenters. The van der Waals surface area contributed by atoms with E-state index in [0.717, 1.165) is 6.54 Å². The van der Waals surface area contributed by atoms with Crippen LogP contribution in [0.5, 0.6) is 0 Å². The monoisotopic (exact) mass is 155 g/mol. The minimum absolute atomic E-state index is 0.194. The Morgan fingerprint density at radius 1 is 1.73 bits per heavy atom. The molecule has 0 bridgehead atoms. The first-order chi connectivity index (χ1) is 5.11. The van der Waals surface area contributed by atoms with Crippen LogP contribution in [0.4, 0.5) is 0 Å². The zero-order chi connectivity index (χ0) is 8.85. The van der Waals surface area contributed by atoms with Gasteiger partial charge in [0.05, 0.1) is 0 Å². The number of hydrogen-bond donors (Lipinski definition) is 0. The molecule has 2 heteroatoms. The van der Waals surface area contributed by atoms with Crippen LogP contribution in [0, 0.1) is 5.92 Å². The van der Waals surface area contributed by atoms with Gasteiger partial charge in [-0.2, -0.15) is 0 Å². The molecule has 0 N–H and O–H groups in total. The number of carbonyl (C=O) groups is 1. The molecule has 0 aliphatic heterocycles. The molecule has 2 nitrogen and oxygen atoms in total. The number of hydrogen-bond acceptors (Lipinski definition) is 1. The van der Waals surface area contributed by atoms with Gasteiger partial charge in [0.25, 0.3) is 0 Å². The van der Waals surface area contributed by atoms with E-state index in [-0.39, 0.29) is 11.8 Å². The molecular weight excluding hydrogens is 138 g/mol. The average molecular weight is 155 g/mol. The summed E-state index contributed by atoms with van der Waals surface area (Å²) < 4.78 is 0. The van der Waals surface area contributed by atoms with E-state index in [2.05, 4.69) is 6.58 Å². The normalized spacial score (nSPS) is 12.3. The second kappa shape index (κ2) is 4.94. The van der Waals surface area contributed by atoms with Gasteiger partial charge in [0.15, 0.2) is 0 Å². The lowest BCUT2D eigenvalue weighted by atomic mass is 10.1. The van der Waals surface area contributed by atoms with Crippen LogP contribution in [0.1, 0.15) is 20.3 Å². The van der Waals surface area contributed by atoms with Gasteiger partial charge in [-0.3, -0.25) is 4.79 Å². The first-order valence-corrected chi connectivity index (χ1v) is 3.98. The molecule has 1 atom stereocenters. The van der Waals surface area contributed by atoms with Crippen molar-refractivity contribution >= 4 is 5.91 Å². The van der Waals surface area contributed by atoms with Crippen LogP contribution in [0.2, 0.25) is 0 Å². The second-order valence-corrected chi connectivity index (χ2v) is 2.83. The predicted octanol–water partition coefficient (Wildman–Crippen LogP) is 1.68. The fourth-order valence-electron chi connectivity index (χ4n) is 0.691. The lowest BCUT2D eigenvalue weighted by Crippen LogP contribution is -2.27. The Hall–Kier alpha value is -0.790. The Morgan fingerprint density at radius 3 is 2.64 bits per heavy atom. The van der Waals surface area contributed by atoms with Crippen LogP contribution in [-0.2, 0) is 4.79 Å². The van der Waals surface area contributed by atoms with Gasteiger partial charge in [0.2, 0.25) is 5.91 Å². The molecule has 0 rings (SSSR count). The molecule has 0 spiro atoms. The molecule has 0 saturated heterocycles. The van der Waals surface area contributed by atoms with Crippen molar-refractivity contribution in [2.45, 2.75) is 20.3 Å². The topological polar surface area (TPSA) is 20.3 Å². The van der Waals surface area contributed by atoms with Crippen molar-refractivity contribution in [2.75, 3.05) is 13.6 Å². The highest BCUT2D eigenvalue weighted by atomic mass is 16.2. The maximum Gasteiger partial charge on any atom is 0.222 e. The molecule has 0 aromatic carbocycles. The third kappa shape index (κ3) is 3.81. The number of rotatable bonds is 4. The summed E-state index contributed by atoms with van der Waals surface area (Å²) in [6, 6.07) is 0. The Morgan fingerprint density at radius 2 is 2.27 bits per heavy atom. The van der Waals surface area contributed by atoms with E-state index in [9.17, 15) is 4.79 Å². The predicted molar refractivity (Wildman–Crippen MR) is 47.3 cm³/mol. The van der Waals surface area contributed by atoms with E-state index in [1.54, 1.807) is 11.0 Å². The van der Waals surface area contributed by atoms with E-state index < -0.39 is 0 Å². The summed E-state index contributed by atoms with van der Waals surface area (Å²) in [6.07, 6.45) is 2.38. The largest absolute Gasteiger partial charge is 0.346 e. The summed E-state index contributed by atoms with van der Waals surface area (Å²) in [5, 5.41) is 0. The van der Waals surface area contributed by atoms with E-state index in [1.165, 1.54) is 0 Å². The van der Waals surface area contributed by atoms with Crippen molar-refractivity contribution in [1.82, 2.24) is 4.90 Å². The molecule has 11 heavy (non-hydrogen) atoms. The summed E-state index contributed by atoms with van der Waals surface area (Å²) in [6.45, 7) is 8.37. The second-order valence-electron chi connectivity index (χ2n) is 2.83. The van der Waals surface area contributed by atoms with Crippen molar-refractivity contribution < 1.29 is 4.79 Å². The molecule has 0 saturated carbocycles. The lowest BCUT2D eigenvalue weighted by Gasteiger charge is -2.15. The van der Waals surface area contributed by atoms with E-state index >= 15 is 0 Å². The molecule has 0 aliphatic carbocycles. The third-order valence-electron chi connectivity index (χ3n) is 1.80. The maximum atomic E-state index is 11.2. The molecular formula is C9H17NO. The average Bonchev–Trinajstić information content (AvgIpc) is 2.02. The number of amides is 1. The Kier molecular flexibility index (Phi) is 4.59. The summed E-state index contributed by atoms with van der Waals surface area (Å²) in [5.41, 5.74) is 0. The molecule has 0 aliphatic rings. The Bertz CT molecular complexity index is 142. The van der Waals surface area contributed by atoms with Gasteiger partial charge in [-0.1, -0.05) is 13.0 Å². The van der Waals surface area contributed by atoms with Gasteiger partial charge in [-0.15, -0.1) is 6.58 Å². The molecule has 0 radical (unpaired) electrons. The SMILES string of the molecule is C=CC(C)CC(=O)N(C)CC. The smallest absolute Gasteiger partial charge is 0.222 e. The Labute approximate surface area is 68.9 Å². The number of allylic oxidation sites excluding steroid dienone is 1. The van der Waals surface area contributed by atoms with Crippen LogP contribution in [0.3, 0.4) is 0 Å². The summed E-state index contributed by atoms with van der Waals surface area (Å²) in [5.74, 6) is 0.483. The maximum absolute atomic E-state index is 11.2. The van der Waals surface area contributed by atoms with Crippen molar-refractivity contribution in [3.8, 4) is 0 Å². The minimum atomic E-state index is 0.194. The van der Waals surface area contributed by atoms with Crippen LogP contribution in [0.25, 0.3) is 0 Å². The van der Waals surface area contributed by atoms with E-state index in [0.29, 0.717) is 6.42 Å². The van der Waals surface area contributed by atoms with E-state index in [4.69, 9.17) is 0 Å². The van der Waals surface area contributed by atoms with Crippen molar-refractivity contribution in [1.29, 1.82) is 0 Å². The van der Waals surface area contributed by atoms with Gasteiger partial charge < -0.3 is 4.90 Å². The lowest BCUT2D eigenvalue weighted by molar-refractivity contribution is -0.130. The van der Waals surface area contributed by atoms with Gasteiger partial charge in [0, 0.05) is 20.0 Å². The van der Waals surface area contributed by atoms with Gasteiger partial charge in [0.1, 0.15) is 0 Å². The number of nitrogens with zero attached hydrogens (tertiary/aromatic N) is 1. The van der Waals surface area contributed by atoms with Crippen LogP contribution in [0.15, 0.2) is 12.7 Å². The first kappa shape index (κ1) is 10.2. The zero-order valence-electron chi connectivity index (χ0n) is 7.63. The number of carbonyl (C=O) groups excluding carboxylic acids is 1. The molecule has 0 heterocycles. The fraction of sp³-hybridized carbons (Fsp3) is 0.667. The summed E-state index contributed by atoms with van der Waals surface area (Å²) >= 11 is 0. The molecule has 0 aromatic heterocycles. The summed E-state index contributed by atoms with van der Waals surface area (Å²) in [4.78, 5) is 12.9. The van der Waals surface area contributed by atoms with Gasteiger partial charge in [-0.05, 0) is 12.8 Å². The quantitative estimate of drug-likeness (QED) is 0.566. The molecule has 0 fully saturated rings. The van der Waals surface area contributed by atoms with Crippen molar-refractivity contribution in [3.63, 3.8) is 0 Å². The highest BCUT2D eigenvalue weighted by Gasteiger charge is 2.08. The van der Waals surface area contributed by atoms with Gasteiger partial charge in [-0.25, -0.2) is 0 Å². The van der Waals surface area contributed by atoms with Gasteiger partial charge >= 0.3 is 0 Å². The molecule has 1 amide bonds. The molecule has 64 valence electrons. The molecule has 0 aromatic rings. The highest BCUT2D eigenvalue weighted by Crippen LogP contribution is 2.04. The standard InChI is InChI=1S/C9H17NO/c1-5-8(3)7-9(11)10(4)6-2/h5,8H,1,6-7H2,2-4H3.